The fourth-order valence-electron chi connectivity index (χ4n) is 1.38. The lowest BCUT2D eigenvalue weighted by Crippen LogP contribution is -2.36. The Hall–Kier alpha value is -1.10. The minimum absolute atomic E-state index is 0.252. The average Bonchev–Trinajstić information content (AvgIpc) is 2.25. The Labute approximate surface area is 110 Å². The number of guanidine groups is 1. The van der Waals surface area contributed by atoms with Gasteiger partial charge in [-0.05, 0) is 37.6 Å². The minimum Gasteiger partial charge on any atom is -0.357 e. The van der Waals surface area contributed by atoms with Crippen LogP contribution < -0.4 is 10.6 Å². The van der Waals surface area contributed by atoms with Crippen molar-refractivity contribution in [3.05, 3.63) is 34.1 Å². The topological polar surface area (TPSA) is 36.4 Å². The van der Waals surface area contributed by atoms with Gasteiger partial charge >= 0.3 is 0 Å². The fraction of sp³-hybridized carbons (Fsp3) is 0.417. The zero-order valence-electron chi connectivity index (χ0n) is 10.1. The summed E-state index contributed by atoms with van der Waals surface area (Å²) in [5, 5.41) is 6.23. The molecule has 0 saturated carbocycles. The Kier molecular flexibility index (Phi) is 5.97. The van der Waals surface area contributed by atoms with Gasteiger partial charge < -0.3 is 10.6 Å². The highest BCUT2D eigenvalue weighted by Crippen LogP contribution is 2.15. The molecule has 0 bridgehead atoms. The third-order valence-corrected chi connectivity index (χ3v) is 2.49. The quantitative estimate of drug-likeness (QED) is 0.663. The molecule has 1 aromatic carbocycles. The van der Waals surface area contributed by atoms with Crippen LogP contribution in [0.4, 0.5) is 4.39 Å². The zero-order chi connectivity index (χ0) is 12.7. The molecular formula is C12H17BrFN3. The molecule has 0 aliphatic heterocycles. The summed E-state index contributed by atoms with van der Waals surface area (Å²) in [4.78, 5) is 4.36. The molecule has 0 unspecified atom stereocenters. The van der Waals surface area contributed by atoms with Gasteiger partial charge in [0.2, 0.25) is 0 Å². The summed E-state index contributed by atoms with van der Waals surface area (Å²) in [5.74, 6) is 0.494. The van der Waals surface area contributed by atoms with Gasteiger partial charge in [-0.25, -0.2) is 9.38 Å². The molecule has 94 valence electrons. The lowest BCUT2D eigenvalue weighted by molar-refractivity contribution is 0.624. The first-order valence-electron chi connectivity index (χ1n) is 5.62. The molecule has 0 fully saturated rings. The van der Waals surface area contributed by atoms with Crippen molar-refractivity contribution in [3.8, 4) is 0 Å². The molecule has 1 rings (SSSR count). The lowest BCUT2D eigenvalue weighted by atomic mass is 10.2. The molecule has 0 radical (unpaired) electrons. The van der Waals surface area contributed by atoms with Crippen LogP contribution in [0.2, 0.25) is 0 Å². The molecule has 0 spiro atoms. The molecule has 0 atom stereocenters. The third kappa shape index (κ3) is 5.17. The fourth-order valence-corrected chi connectivity index (χ4v) is 1.89. The van der Waals surface area contributed by atoms with Gasteiger partial charge in [-0.3, -0.25) is 0 Å². The van der Waals surface area contributed by atoms with Crippen molar-refractivity contribution < 1.29 is 4.39 Å². The summed E-state index contributed by atoms with van der Waals surface area (Å²) in [5.41, 5.74) is 0.838. The lowest BCUT2D eigenvalue weighted by Gasteiger charge is -2.09. The Bertz CT molecular complexity index is 365. The van der Waals surface area contributed by atoms with Crippen molar-refractivity contribution in [2.24, 2.45) is 4.99 Å². The highest BCUT2D eigenvalue weighted by molar-refractivity contribution is 9.10. The smallest absolute Gasteiger partial charge is 0.191 e. The van der Waals surface area contributed by atoms with Crippen LogP contribution in [-0.2, 0) is 6.54 Å². The number of nitrogens with one attached hydrogen (secondary N) is 2. The van der Waals surface area contributed by atoms with Gasteiger partial charge in [-0.1, -0.05) is 15.9 Å². The van der Waals surface area contributed by atoms with Crippen LogP contribution in [0.3, 0.4) is 0 Å². The molecule has 0 aliphatic rings. The number of hydrogen-bond donors (Lipinski definition) is 2. The maximum Gasteiger partial charge on any atom is 0.191 e. The number of nitrogens with zero attached hydrogens (tertiary/aromatic N) is 1. The summed E-state index contributed by atoms with van der Waals surface area (Å²) in [6.45, 7) is 6.07. The summed E-state index contributed by atoms with van der Waals surface area (Å²) in [6.07, 6.45) is 0. The van der Waals surface area contributed by atoms with Crippen molar-refractivity contribution in [1.82, 2.24) is 10.6 Å². The average molecular weight is 302 g/mol. The maximum atomic E-state index is 13.1. The largest absolute Gasteiger partial charge is 0.357 e. The third-order valence-electron chi connectivity index (χ3n) is 2.03. The first-order valence-corrected chi connectivity index (χ1v) is 6.42. The molecular weight excluding hydrogens is 285 g/mol. The van der Waals surface area contributed by atoms with Crippen LogP contribution in [0.5, 0.6) is 0 Å². The van der Waals surface area contributed by atoms with Gasteiger partial charge in [0.15, 0.2) is 5.96 Å². The number of hydrogen-bond acceptors (Lipinski definition) is 1. The van der Waals surface area contributed by atoms with E-state index in [1.165, 1.54) is 12.1 Å². The van der Waals surface area contributed by atoms with Crippen molar-refractivity contribution in [2.75, 3.05) is 13.1 Å². The highest BCUT2D eigenvalue weighted by Gasteiger charge is 1.99. The van der Waals surface area contributed by atoms with Crippen molar-refractivity contribution in [2.45, 2.75) is 20.4 Å². The van der Waals surface area contributed by atoms with E-state index < -0.39 is 0 Å². The van der Waals surface area contributed by atoms with E-state index >= 15 is 0 Å². The number of aliphatic imine (C=N–C) groups is 1. The summed E-state index contributed by atoms with van der Waals surface area (Å²) in [7, 11) is 0. The minimum atomic E-state index is -0.252. The number of rotatable bonds is 4. The molecule has 0 saturated heterocycles. The van der Waals surface area contributed by atoms with E-state index in [9.17, 15) is 4.39 Å². The highest BCUT2D eigenvalue weighted by atomic mass is 79.9. The van der Waals surface area contributed by atoms with Crippen LogP contribution in [0.25, 0.3) is 0 Å². The van der Waals surface area contributed by atoms with E-state index in [1.807, 2.05) is 19.9 Å². The maximum absolute atomic E-state index is 13.1. The van der Waals surface area contributed by atoms with E-state index in [0.29, 0.717) is 6.54 Å². The molecule has 17 heavy (non-hydrogen) atoms. The number of benzene rings is 1. The Balaban J connectivity index is 2.71. The van der Waals surface area contributed by atoms with Crippen LogP contribution in [-0.4, -0.2) is 19.0 Å². The molecule has 0 aromatic heterocycles. The predicted molar refractivity (Wildman–Crippen MR) is 72.6 cm³/mol. The Morgan fingerprint density at radius 1 is 1.24 bits per heavy atom. The zero-order valence-corrected chi connectivity index (χ0v) is 11.6. The van der Waals surface area contributed by atoms with Gasteiger partial charge in [0, 0.05) is 17.6 Å². The summed E-state index contributed by atoms with van der Waals surface area (Å²) < 4.78 is 13.9. The summed E-state index contributed by atoms with van der Waals surface area (Å²) in [6, 6.07) is 4.79. The van der Waals surface area contributed by atoms with Gasteiger partial charge in [-0.2, -0.15) is 0 Å². The van der Waals surface area contributed by atoms with Crippen LogP contribution in [0.1, 0.15) is 19.4 Å². The van der Waals surface area contributed by atoms with Crippen LogP contribution in [0.15, 0.2) is 27.7 Å². The first kappa shape index (κ1) is 14.0. The standard InChI is InChI=1S/C12H17BrFN3/c1-3-15-12(16-4-2)17-8-9-5-10(13)7-11(14)6-9/h5-7H,3-4,8H2,1-2H3,(H2,15,16,17). The molecule has 5 heteroatoms. The SMILES string of the molecule is CCNC(=NCc1cc(F)cc(Br)c1)NCC. The predicted octanol–water partition coefficient (Wildman–Crippen LogP) is 2.66. The summed E-state index contributed by atoms with van der Waals surface area (Å²) >= 11 is 3.26. The first-order chi connectivity index (χ1) is 8.15. The van der Waals surface area contributed by atoms with Crippen molar-refractivity contribution in [3.63, 3.8) is 0 Å². The van der Waals surface area contributed by atoms with E-state index in [4.69, 9.17) is 0 Å². The molecule has 0 amide bonds. The second-order valence-electron chi connectivity index (χ2n) is 3.50. The Morgan fingerprint density at radius 3 is 2.41 bits per heavy atom. The van der Waals surface area contributed by atoms with E-state index in [-0.39, 0.29) is 5.82 Å². The van der Waals surface area contributed by atoms with E-state index in [1.54, 1.807) is 0 Å². The van der Waals surface area contributed by atoms with Crippen LogP contribution >= 0.6 is 15.9 Å². The van der Waals surface area contributed by atoms with Crippen molar-refractivity contribution >= 4 is 21.9 Å². The molecule has 1 aromatic rings. The van der Waals surface area contributed by atoms with Crippen LogP contribution in [0, 0.1) is 5.82 Å². The van der Waals surface area contributed by atoms with E-state index in [2.05, 4.69) is 31.6 Å². The second kappa shape index (κ2) is 7.27. The number of halogens is 2. The Morgan fingerprint density at radius 2 is 1.88 bits per heavy atom. The molecule has 0 aliphatic carbocycles. The second-order valence-corrected chi connectivity index (χ2v) is 4.42. The van der Waals surface area contributed by atoms with Gasteiger partial charge in [0.1, 0.15) is 5.82 Å². The molecule has 2 N–H and O–H groups in total. The van der Waals surface area contributed by atoms with Gasteiger partial charge in [0.25, 0.3) is 0 Å². The van der Waals surface area contributed by atoms with Gasteiger partial charge in [-0.15, -0.1) is 0 Å². The molecule has 0 heterocycles. The van der Waals surface area contributed by atoms with E-state index in [0.717, 1.165) is 29.1 Å². The normalized spacial score (nSPS) is 9.88. The monoisotopic (exact) mass is 301 g/mol. The van der Waals surface area contributed by atoms with Gasteiger partial charge in [0.05, 0.1) is 6.54 Å². The van der Waals surface area contributed by atoms with Crippen molar-refractivity contribution in [1.29, 1.82) is 0 Å². The molecule has 3 nitrogen and oxygen atoms in total.